The number of hydrogen-bond acceptors (Lipinski definition) is 4. The van der Waals surface area contributed by atoms with Gasteiger partial charge in [0.1, 0.15) is 0 Å². The zero-order valence-electron chi connectivity index (χ0n) is 7.05. The van der Waals surface area contributed by atoms with Gasteiger partial charge in [-0.3, -0.25) is 9.97 Å². The van der Waals surface area contributed by atoms with Crippen LogP contribution in [-0.4, -0.2) is 27.1 Å². The number of hydrogen-bond donors (Lipinski definition) is 2. The van der Waals surface area contributed by atoms with Crippen LogP contribution in [-0.2, 0) is 0 Å². The minimum Gasteiger partial charge on any atom is -0.423 e. The second-order valence-electron chi connectivity index (χ2n) is 2.79. The van der Waals surface area contributed by atoms with Gasteiger partial charge in [0.15, 0.2) is 0 Å². The fourth-order valence-electron chi connectivity index (χ4n) is 1.20. The molecule has 4 nitrogen and oxygen atoms in total. The first-order valence-electron chi connectivity index (χ1n) is 3.95. The molecule has 6 heteroatoms. The molecule has 0 radical (unpaired) electrons. The first-order chi connectivity index (χ1) is 6.68. The van der Waals surface area contributed by atoms with Crippen LogP contribution < -0.4 is 5.46 Å². The van der Waals surface area contributed by atoms with Crippen molar-refractivity contribution in [2.24, 2.45) is 0 Å². The summed E-state index contributed by atoms with van der Waals surface area (Å²) in [6.45, 7) is 0. The number of aromatic nitrogens is 2. The van der Waals surface area contributed by atoms with Crippen LogP contribution in [0.2, 0.25) is 5.02 Å². The Morgan fingerprint density at radius 3 is 2.21 bits per heavy atom. The van der Waals surface area contributed by atoms with Crippen LogP contribution in [0.4, 0.5) is 0 Å². The molecule has 2 rings (SSSR count). The molecule has 0 fully saturated rings. The monoisotopic (exact) mass is 208 g/mol. The van der Waals surface area contributed by atoms with E-state index in [1.807, 2.05) is 0 Å². The molecule has 0 atom stereocenters. The molecule has 0 spiro atoms. The van der Waals surface area contributed by atoms with Crippen molar-refractivity contribution in [1.82, 2.24) is 9.97 Å². The zero-order chi connectivity index (χ0) is 10.1. The Balaban J connectivity index is 2.71. The van der Waals surface area contributed by atoms with Gasteiger partial charge in [-0.25, -0.2) is 0 Å². The summed E-state index contributed by atoms with van der Waals surface area (Å²) in [4.78, 5) is 8.05. The van der Waals surface area contributed by atoms with E-state index < -0.39 is 7.12 Å². The summed E-state index contributed by atoms with van der Waals surface area (Å²) in [5, 5.41) is 18.2. The van der Waals surface area contributed by atoms with Crippen LogP contribution >= 0.6 is 11.6 Å². The Bertz CT molecular complexity index is 478. The van der Waals surface area contributed by atoms with E-state index in [2.05, 4.69) is 9.97 Å². The van der Waals surface area contributed by atoms with Gasteiger partial charge in [-0.2, -0.15) is 0 Å². The van der Waals surface area contributed by atoms with E-state index in [0.29, 0.717) is 11.0 Å². The molecular weight excluding hydrogens is 202 g/mol. The van der Waals surface area contributed by atoms with Gasteiger partial charge in [-0.15, -0.1) is 0 Å². The Morgan fingerprint density at radius 2 is 1.64 bits per heavy atom. The molecule has 1 aromatic carbocycles. The third kappa shape index (κ3) is 1.57. The quantitative estimate of drug-likeness (QED) is 0.646. The number of rotatable bonds is 1. The predicted octanol–water partition coefficient (Wildman–Crippen LogP) is -0.0370. The Morgan fingerprint density at radius 1 is 1.07 bits per heavy atom. The lowest BCUT2D eigenvalue weighted by atomic mass is 9.80. The topological polar surface area (TPSA) is 66.2 Å². The largest absolute Gasteiger partial charge is 0.490 e. The van der Waals surface area contributed by atoms with E-state index in [4.69, 9.17) is 21.6 Å². The molecule has 1 heterocycles. The fraction of sp³-hybridized carbons (Fsp3) is 0. The maximum absolute atomic E-state index is 8.99. The fourth-order valence-corrected chi connectivity index (χ4v) is 1.45. The summed E-state index contributed by atoms with van der Waals surface area (Å²) in [6, 6.07) is 3.06. The Kier molecular flexibility index (Phi) is 2.37. The summed E-state index contributed by atoms with van der Waals surface area (Å²) in [5.74, 6) is 0. The van der Waals surface area contributed by atoms with Crippen molar-refractivity contribution in [3.05, 3.63) is 29.5 Å². The van der Waals surface area contributed by atoms with Gasteiger partial charge in [-0.05, 0) is 12.1 Å². The van der Waals surface area contributed by atoms with Gasteiger partial charge in [0, 0.05) is 22.9 Å². The lowest BCUT2D eigenvalue weighted by Gasteiger charge is -2.03. The Hall–Kier alpha value is -1.17. The number of fused-ring (bicyclic) bond motifs is 1. The molecular formula is C8H6BClN2O2. The smallest absolute Gasteiger partial charge is 0.423 e. The first kappa shape index (κ1) is 9.39. The molecule has 2 aromatic rings. The molecule has 0 unspecified atom stereocenters. The van der Waals surface area contributed by atoms with Crippen molar-refractivity contribution in [1.29, 1.82) is 0 Å². The van der Waals surface area contributed by atoms with E-state index in [9.17, 15) is 0 Å². The first-order valence-corrected chi connectivity index (χ1v) is 4.32. The highest BCUT2D eigenvalue weighted by molar-refractivity contribution is 6.63. The summed E-state index contributed by atoms with van der Waals surface area (Å²) >= 11 is 5.81. The maximum atomic E-state index is 8.99. The molecule has 1 aromatic heterocycles. The number of halogens is 1. The minimum atomic E-state index is -1.59. The summed E-state index contributed by atoms with van der Waals surface area (Å²) in [7, 11) is -1.59. The van der Waals surface area contributed by atoms with Gasteiger partial charge in [-0.1, -0.05) is 11.6 Å². The van der Waals surface area contributed by atoms with Crippen LogP contribution in [0.25, 0.3) is 11.0 Å². The third-order valence-electron chi connectivity index (χ3n) is 1.87. The van der Waals surface area contributed by atoms with E-state index in [0.717, 1.165) is 0 Å². The van der Waals surface area contributed by atoms with Gasteiger partial charge in [0.25, 0.3) is 0 Å². The molecule has 0 saturated carbocycles. The summed E-state index contributed by atoms with van der Waals surface area (Å²) in [6.07, 6.45) is 3.08. The molecule has 14 heavy (non-hydrogen) atoms. The SMILES string of the molecule is OB(O)c1cc2nccnc2cc1Cl. The van der Waals surface area contributed by atoms with E-state index in [1.54, 1.807) is 12.3 Å². The van der Waals surface area contributed by atoms with Gasteiger partial charge < -0.3 is 10.0 Å². The molecule has 0 aliphatic rings. The molecule has 0 amide bonds. The average Bonchev–Trinajstić information content (AvgIpc) is 2.16. The molecule has 70 valence electrons. The summed E-state index contributed by atoms with van der Waals surface area (Å²) in [5.41, 5.74) is 1.45. The number of benzene rings is 1. The molecule has 0 saturated heterocycles. The van der Waals surface area contributed by atoms with Crippen LogP contribution in [0, 0.1) is 0 Å². The van der Waals surface area contributed by atoms with E-state index in [1.165, 1.54) is 12.3 Å². The van der Waals surface area contributed by atoms with Crippen molar-refractivity contribution >= 4 is 35.2 Å². The number of nitrogens with zero attached hydrogens (tertiary/aromatic N) is 2. The lowest BCUT2D eigenvalue weighted by molar-refractivity contribution is 0.426. The molecule has 2 N–H and O–H groups in total. The zero-order valence-corrected chi connectivity index (χ0v) is 7.81. The predicted molar refractivity (Wildman–Crippen MR) is 54.4 cm³/mol. The molecule has 0 aliphatic heterocycles. The highest BCUT2D eigenvalue weighted by atomic mass is 35.5. The highest BCUT2D eigenvalue weighted by Crippen LogP contribution is 2.13. The van der Waals surface area contributed by atoms with Crippen LogP contribution in [0.1, 0.15) is 0 Å². The summed E-state index contributed by atoms with van der Waals surface area (Å²) < 4.78 is 0. The lowest BCUT2D eigenvalue weighted by Crippen LogP contribution is -2.30. The molecule has 0 aliphatic carbocycles. The van der Waals surface area contributed by atoms with Crippen LogP contribution in [0.3, 0.4) is 0 Å². The van der Waals surface area contributed by atoms with Crippen molar-refractivity contribution in [2.45, 2.75) is 0 Å². The van der Waals surface area contributed by atoms with Crippen molar-refractivity contribution in [3.8, 4) is 0 Å². The second kappa shape index (κ2) is 3.53. The van der Waals surface area contributed by atoms with Gasteiger partial charge in [0.2, 0.25) is 0 Å². The second-order valence-corrected chi connectivity index (χ2v) is 3.20. The Labute approximate surface area is 85.3 Å². The third-order valence-corrected chi connectivity index (χ3v) is 2.19. The van der Waals surface area contributed by atoms with Gasteiger partial charge >= 0.3 is 7.12 Å². The average molecular weight is 208 g/mol. The van der Waals surface area contributed by atoms with Crippen LogP contribution in [0.5, 0.6) is 0 Å². The van der Waals surface area contributed by atoms with Crippen LogP contribution in [0.15, 0.2) is 24.5 Å². The normalized spacial score (nSPS) is 10.5. The van der Waals surface area contributed by atoms with E-state index in [-0.39, 0.29) is 10.5 Å². The van der Waals surface area contributed by atoms with Crippen molar-refractivity contribution < 1.29 is 10.0 Å². The maximum Gasteiger partial charge on any atom is 0.490 e. The van der Waals surface area contributed by atoms with Gasteiger partial charge in [0.05, 0.1) is 11.0 Å². The van der Waals surface area contributed by atoms with Crippen molar-refractivity contribution in [2.75, 3.05) is 0 Å². The highest BCUT2D eigenvalue weighted by Gasteiger charge is 2.16. The molecule has 0 bridgehead atoms. The standard InChI is InChI=1S/C8H6BClN2O2/c10-6-4-8-7(11-1-2-12-8)3-5(6)9(13)14/h1-4,13-14H. The van der Waals surface area contributed by atoms with E-state index >= 15 is 0 Å². The van der Waals surface area contributed by atoms with Crippen molar-refractivity contribution in [3.63, 3.8) is 0 Å². The minimum absolute atomic E-state index is 0.236.